The summed E-state index contributed by atoms with van der Waals surface area (Å²) in [7, 11) is 0. The van der Waals surface area contributed by atoms with E-state index >= 15 is 0 Å². The van der Waals surface area contributed by atoms with Crippen molar-refractivity contribution in [1.29, 1.82) is 0 Å². The Morgan fingerprint density at radius 3 is 1.73 bits per heavy atom. The van der Waals surface area contributed by atoms with Crippen molar-refractivity contribution < 1.29 is 0 Å². The van der Waals surface area contributed by atoms with Gasteiger partial charge in [0.2, 0.25) is 0 Å². The number of hydrogen-bond acceptors (Lipinski definition) is 1. The highest BCUT2D eigenvalue weighted by atomic mass is 32.1. The van der Waals surface area contributed by atoms with Gasteiger partial charge in [-0.25, -0.2) is 0 Å². The van der Waals surface area contributed by atoms with Crippen LogP contribution >= 0.6 is 11.3 Å². The molecule has 0 atom stereocenters. The lowest BCUT2D eigenvalue weighted by atomic mass is 9.94. The van der Waals surface area contributed by atoms with Crippen molar-refractivity contribution in [3.05, 3.63) is 183 Å². The molecule has 0 bridgehead atoms. The fourth-order valence-electron chi connectivity index (χ4n) is 6.76. The van der Waals surface area contributed by atoms with E-state index in [2.05, 4.69) is 159 Å². The van der Waals surface area contributed by atoms with Crippen LogP contribution in [-0.4, -0.2) is 0 Å². The second kappa shape index (κ2) is 14.2. The molecule has 0 saturated carbocycles. The quantitative estimate of drug-likeness (QED) is 0.132. The van der Waals surface area contributed by atoms with Crippen LogP contribution in [0.25, 0.3) is 86.6 Å². The van der Waals surface area contributed by atoms with Gasteiger partial charge >= 0.3 is 0 Å². The fraction of sp³-hybridized carbons (Fsp3) is 0.0417. The molecule has 0 radical (unpaired) electrons. The van der Waals surface area contributed by atoms with Crippen LogP contribution in [0.4, 0.5) is 0 Å². The molecule has 0 fully saturated rings. The molecule has 0 unspecified atom stereocenters. The summed E-state index contributed by atoms with van der Waals surface area (Å²) in [5.74, 6) is 0. The smallest absolute Gasteiger partial charge is 0.0355 e. The minimum atomic E-state index is 1.23. The van der Waals surface area contributed by atoms with E-state index in [9.17, 15) is 0 Å². The first-order valence-electron chi connectivity index (χ1n) is 16.7. The number of allylic oxidation sites excluding steroid dienone is 4. The van der Waals surface area contributed by atoms with Gasteiger partial charge in [0.1, 0.15) is 0 Å². The van der Waals surface area contributed by atoms with E-state index in [1.165, 1.54) is 86.6 Å². The maximum atomic E-state index is 3.46. The predicted octanol–water partition coefficient (Wildman–Crippen LogP) is 14.8. The van der Waals surface area contributed by atoms with Crippen LogP contribution < -0.4 is 0 Å². The predicted molar refractivity (Wildman–Crippen MR) is 218 cm³/mol. The minimum Gasteiger partial charge on any atom is -0.135 e. The molecular formula is C48H38S. The fourth-order valence-corrected chi connectivity index (χ4v) is 7.85. The van der Waals surface area contributed by atoms with Crippen molar-refractivity contribution in [2.24, 2.45) is 0 Å². The first kappa shape index (κ1) is 31.8. The van der Waals surface area contributed by atoms with E-state index < -0.39 is 0 Å². The van der Waals surface area contributed by atoms with Gasteiger partial charge in [0.15, 0.2) is 0 Å². The molecule has 1 aliphatic rings. The Balaban J connectivity index is 0.000000430. The molecule has 8 aromatic rings. The molecule has 0 saturated heterocycles. The van der Waals surface area contributed by atoms with E-state index in [-0.39, 0.29) is 0 Å². The van der Waals surface area contributed by atoms with E-state index in [1.807, 2.05) is 37.3 Å². The summed E-state index contributed by atoms with van der Waals surface area (Å²) in [5.41, 5.74) is 12.8. The van der Waals surface area contributed by atoms with Crippen LogP contribution in [0.15, 0.2) is 183 Å². The van der Waals surface area contributed by atoms with Gasteiger partial charge in [0.05, 0.1) is 0 Å². The minimum absolute atomic E-state index is 1.23. The molecule has 0 aliphatic heterocycles. The zero-order valence-electron chi connectivity index (χ0n) is 28.0. The molecule has 236 valence electrons. The first-order chi connectivity index (χ1) is 24.1. The third-order valence-corrected chi connectivity index (χ3v) is 10.1. The first-order valence-corrected chi connectivity index (χ1v) is 17.5. The summed E-state index contributed by atoms with van der Waals surface area (Å²) in [5, 5.41) is 5.36. The Morgan fingerprint density at radius 2 is 1.02 bits per heavy atom. The lowest BCUT2D eigenvalue weighted by Crippen LogP contribution is -1.84. The Bertz CT molecular complexity index is 2490. The van der Waals surface area contributed by atoms with Crippen molar-refractivity contribution in [1.82, 2.24) is 0 Å². The van der Waals surface area contributed by atoms with E-state index in [0.717, 1.165) is 0 Å². The van der Waals surface area contributed by atoms with Gasteiger partial charge in [-0.15, -0.1) is 17.9 Å². The van der Waals surface area contributed by atoms with Crippen molar-refractivity contribution in [2.75, 3.05) is 0 Å². The summed E-state index contributed by atoms with van der Waals surface area (Å²) < 4.78 is 2.69. The van der Waals surface area contributed by atoms with Gasteiger partial charge in [-0.3, -0.25) is 0 Å². The average Bonchev–Trinajstić information content (AvgIpc) is 3.69. The Kier molecular flexibility index (Phi) is 9.19. The molecular weight excluding hydrogens is 609 g/mol. The van der Waals surface area contributed by atoms with Gasteiger partial charge < -0.3 is 0 Å². The topological polar surface area (TPSA) is 0 Å². The van der Waals surface area contributed by atoms with Gasteiger partial charge in [-0.2, -0.15) is 0 Å². The van der Waals surface area contributed by atoms with Crippen molar-refractivity contribution >= 4 is 42.3 Å². The standard InChI is InChI=1S/C40H24S.C5H8.C3H6/c1-2-11-33-32(10-1)35-13-6-9-30-22-31(24-37(33)40(30)35)26-17-15-25(16-18-26)27-7-5-8-28(21-27)29-19-20-39-36(23-29)34-12-3-4-14-38(34)41-39;1-3-5-4-2;1-3-2/h1-24H;3-5H,1H2,2H3;3H,1H2,2H3/b;5-4-;. The number of benzene rings is 7. The Morgan fingerprint density at radius 1 is 0.449 bits per heavy atom. The SMILES string of the molecule is C=C/C=C\C.C=CC.c1cc(-c2ccc(-c3cc4c5c(cccc5c3)-c3ccccc3-4)cc2)cc(-c2ccc3sc4ccccc4c3c2)c1. The molecule has 7 aromatic carbocycles. The maximum absolute atomic E-state index is 3.46. The number of hydrogen-bond donors (Lipinski definition) is 0. The molecule has 49 heavy (non-hydrogen) atoms. The van der Waals surface area contributed by atoms with Crippen LogP contribution in [0.2, 0.25) is 0 Å². The second-order valence-corrected chi connectivity index (χ2v) is 13.2. The van der Waals surface area contributed by atoms with Gasteiger partial charge in [-0.1, -0.05) is 140 Å². The molecule has 0 nitrogen and oxygen atoms in total. The highest BCUT2D eigenvalue weighted by Crippen LogP contribution is 2.48. The second-order valence-electron chi connectivity index (χ2n) is 12.1. The highest BCUT2D eigenvalue weighted by molar-refractivity contribution is 7.25. The third-order valence-electron chi connectivity index (χ3n) is 8.94. The molecule has 1 heteroatoms. The third kappa shape index (κ3) is 6.18. The van der Waals surface area contributed by atoms with Crippen LogP contribution in [0.5, 0.6) is 0 Å². The summed E-state index contributed by atoms with van der Waals surface area (Å²) in [6.45, 7) is 10.7. The molecule has 1 heterocycles. The largest absolute Gasteiger partial charge is 0.135 e. The van der Waals surface area contributed by atoms with Crippen LogP contribution in [0.3, 0.4) is 0 Å². The van der Waals surface area contributed by atoms with Crippen molar-refractivity contribution in [3.63, 3.8) is 0 Å². The molecule has 0 amide bonds. The van der Waals surface area contributed by atoms with E-state index in [0.29, 0.717) is 0 Å². The summed E-state index contributed by atoms with van der Waals surface area (Å²) >= 11 is 1.87. The zero-order chi connectivity index (χ0) is 33.7. The van der Waals surface area contributed by atoms with Gasteiger partial charge in [-0.05, 0) is 117 Å². The lowest BCUT2D eigenvalue weighted by molar-refractivity contribution is 1.59. The zero-order valence-corrected chi connectivity index (χ0v) is 28.8. The summed E-state index contributed by atoms with van der Waals surface area (Å²) in [6.07, 6.45) is 7.33. The van der Waals surface area contributed by atoms with Crippen molar-refractivity contribution in [3.8, 4) is 55.6 Å². The Labute approximate surface area is 293 Å². The molecule has 1 aromatic heterocycles. The van der Waals surface area contributed by atoms with Crippen LogP contribution in [0, 0.1) is 0 Å². The number of fused-ring (bicyclic) bond motifs is 6. The summed E-state index contributed by atoms with van der Waals surface area (Å²) in [6, 6.07) is 53.7. The lowest BCUT2D eigenvalue weighted by Gasteiger charge is -2.10. The number of rotatable bonds is 4. The molecule has 9 rings (SSSR count). The Hall–Kier alpha value is -5.76. The molecule has 1 aliphatic carbocycles. The highest BCUT2D eigenvalue weighted by Gasteiger charge is 2.21. The van der Waals surface area contributed by atoms with Gasteiger partial charge in [0, 0.05) is 20.2 Å². The molecule has 0 spiro atoms. The molecule has 0 N–H and O–H groups in total. The summed E-state index contributed by atoms with van der Waals surface area (Å²) in [4.78, 5) is 0. The van der Waals surface area contributed by atoms with Gasteiger partial charge in [0.25, 0.3) is 0 Å². The number of thiophene rings is 1. The average molecular weight is 647 g/mol. The van der Waals surface area contributed by atoms with Crippen LogP contribution in [0.1, 0.15) is 13.8 Å². The normalized spacial score (nSPS) is 11.1. The van der Waals surface area contributed by atoms with E-state index in [1.54, 1.807) is 12.2 Å². The monoisotopic (exact) mass is 646 g/mol. The van der Waals surface area contributed by atoms with Crippen molar-refractivity contribution in [2.45, 2.75) is 13.8 Å². The van der Waals surface area contributed by atoms with Crippen LogP contribution in [-0.2, 0) is 0 Å². The van der Waals surface area contributed by atoms with E-state index in [4.69, 9.17) is 0 Å². The maximum Gasteiger partial charge on any atom is 0.0355 e.